The van der Waals surface area contributed by atoms with E-state index in [-0.39, 0.29) is 11.7 Å². The lowest BCUT2D eigenvalue weighted by atomic mass is 10.1. The topological polar surface area (TPSA) is 55.2 Å². The van der Waals surface area contributed by atoms with Crippen molar-refractivity contribution in [1.29, 1.82) is 0 Å². The number of anilines is 1. The van der Waals surface area contributed by atoms with E-state index in [0.29, 0.717) is 4.47 Å². The summed E-state index contributed by atoms with van der Waals surface area (Å²) in [5.41, 5.74) is 2.08. The molecule has 21 heavy (non-hydrogen) atoms. The van der Waals surface area contributed by atoms with Crippen molar-refractivity contribution in [2.45, 2.75) is 19.4 Å². The summed E-state index contributed by atoms with van der Waals surface area (Å²) in [6, 6.07) is 12.6. The number of halogens is 2. The molecule has 0 aliphatic heterocycles. The Hall–Kier alpha value is -1.59. The smallest absolute Gasteiger partial charge is 0.270 e. The van der Waals surface area contributed by atoms with Gasteiger partial charge in [0.1, 0.15) is 0 Å². The zero-order valence-electron chi connectivity index (χ0n) is 11.3. The fourth-order valence-corrected chi connectivity index (χ4v) is 2.63. The van der Waals surface area contributed by atoms with Crippen LogP contribution in [0.3, 0.4) is 0 Å². The maximum absolute atomic E-state index is 10.7. The normalized spacial score (nSPS) is 12.0. The Morgan fingerprint density at radius 1 is 1.29 bits per heavy atom. The number of nitrogens with zero attached hydrogens (tertiary/aromatic N) is 1. The quantitative estimate of drug-likeness (QED) is 0.592. The average molecular weight is 370 g/mol. The summed E-state index contributed by atoms with van der Waals surface area (Å²) in [5, 5.41) is 14.8. The highest BCUT2D eigenvalue weighted by atomic mass is 79.9. The highest BCUT2D eigenvalue weighted by molar-refractivity contribution is 9.10. The molecule has 0 aliphatic rings. The molecule has 0 saturated heterocycles. The van der Waals surface area contributed by atoms with Gasteiger partial charge in [-0.25, -0.2) is 0 Å². The van der Waals surface area contributed by atoms with Crippen molar-refractivity contribution in [3.8, 4) is 0 Å². The molecule has 6 heteroatoms. The van der Waals surface area contributed by atoms with Gasteiger partial charge in [-0.3, -0.25) is 10.1 Å². The summed E-state index contributed by atoms with van der Waals surface area (Å²) < 4.78 is 0.680. The Kier molecular flexibility index (Phi) is 5.20. The Morgan fingerprint density at radius 3 is 2.52 bits per heavy atom. The van der Waals surface area contributed by atoms with Crippen LogP contribution in [0.25, 0.3) is 0 Å². The van der Waals surface area contributed by atoms with Crippen LogP contribution in [0.5, 0.6) is 0 Å². The molecule has 0 aromatic heterocycles. The van der Waals surface area contributed by atoms with Gasteiger partial charge in [0.25, 0.3) is 5.69 Å². The van der Waals surface area contributed by atoms with Crippen LogP contribution in [0.2, 0.25) is 5.02 Å². The van der Waals surface area contributed by atoms with Gasteiger partial charge >= 0.3 is 0 Å². The third kappa shape index (κ3) is 4.44. The monoisotopic (exact) mass is 368 g/mol. The van der Waals surface area contributed by atoms with Crippen molar-refractivity contribution in [3.63, 3.8) is 0 Å². The maximum atomic E-state index is 10.7. The lowest BCUT2D eigenvalue weighted by molar-refractivity contribution is -0.384. The van der Waals surface area contributed by atoms with Crippen molar-refractivity contribution < 1.29 is 4.92 Å². The van der Waals surface area contributed by atoms with Crippen molar-refractivity contribution in [2.75, 3.05) is 5.32 Å². The molecule has 0 radical (unpaired) electrons. The molecular weight excluding hydrogens is 356 g/mol. The first-order chi connectivity index (χ1) is 9.95. The van der Waals surface area contributed by atoms with Crippen LogP contribution < -0.4 is 5.32 Å². The van der Waals surface area contributed by atoms with Gasteiger partial charge in [0.05, 0.1) is 4.92 Å². The molecule has 4 nitrogen and oxygen atoms in total. The molecule has 2 aromatic rings. The summed E-state index contributed by atoms with van der Waals surface area (Å²) >= 11 is 9.22. The average Bonchev–Trinajstić information content (AvgIpc) is 2.43. The lowest BCUT2D eigenvalue weighted by Crippen LogP contribution is -2.18. The molecule has 2 rings (SSSR count). The SMILES string of the molecule is CC(Cc1ccc(Cl)cc1)Nc1ccc([N+](=O)[O-])cc1Br. The van der Waals surface area contributed by atoms with Crippen molar-refractivity contribution in [3.05, 3.63) is 67.6 Å². The van der Waals surface area contributed by atoms with Crippen LogP contribution in [0, 0.1) is 10.1 Å². The van der Waals surface area contributed by atoms with Crippen LogP contribution in [0.15, 0.2) is 46.9 Å². The first kappa shape index (κ1) is 15.8. The van der Waals surface area contributed by atoms with Crippen LogP contribution in [-0.2, 0) is 6.42 Å². The van der Waals surface area contributed by atoms with Crippen molar-refractivity contribution in [1.82, 2.24) is 0 Å². The van der Waals surface area contributed by atoms with Gasteiger partial charge in [-0.1, -0.05) is 23.7 Å². The van der Waals surface area contributed by atoms with Crippen LogP contribution in [-0.4, -0.2) is 11.0 Å². The largest absolute Gasteiger partial charge is 0.381 e. The first-order valence-electron chi connectivity index (χ1n) is 6.40. The molecule has 0 heterocycles. The number of nitro benzene ring substituents is 1. The first-order valence-corrected chi connectivity index (χ1v) is 7.57. The highest BCUT2D eigenvalue weighted by Gasteiger charge is 2.11. The molecule has 0 aliphatic carbocycles. The Labute approximate surface area is 136 Å². The fourth-order valence-electron chi connectivity index (χ4n) is 2.03. The number of non-ortho nitro benzene ring substituents is 1. The van der Waals surface area contributed by atoms with Crippen molar-refractivity contribution >= 4 is 38.9 Å². The minimum absolute atomic E-state index is 0.0674. The van der Waals surface area contributed by atoms with E-state index < -0.39 is 4.92 Å². The van der Waals surface area contributed by atoms with Crippen LogP contribution in [0.1, 0.15) is 12.5 Å². The Bertz CT molecular complexity index is 647. The van der Waals surface area contributed by atoms with Gasteiger partial charge in [-0.05, 0) is 53.0 Å². The van der Waals surface area contributed by atoms with Gasteiger partial charge in [0, 0.05) is 33.4 Å². The van der Waals surface area contributed by atoms with E-state index in [1.807, 2.05) is 24.3 Å². The Morgan fingerprint density at radius 2 is 1.95 bits per heavy atom. The van der Waals surface area contributed by atoms with Gasteiger partial charge in [0.2, 0.25) is 0 Å². The maximum Gasteiger partial charge on any atom is 0.270 e. The molecule has 0 bridgehead atoms. The fraction of sp³-hybridized carbons (Fsp3) is 0.200. The number of nitro groups is 1. The van der Waals surface area contributed by atoms with E-state index in [0.717, 1.165) is 17.1 Å². The number of rotatable bonds is 5. The predicted molar refractivity (Wildman–Crippen MR) is 89.0 cm³/mol. The summed E-state index contributed by atoms with van der Waals surface area (Å²) in [4.78, 5) is 10.3. The summed E-state index contributed by atoms with van der Waals surface area (Å²) in [6.45, 7) is 2.06. The molecule has 110 valence electrons. The summed E-state index contributed by atoms with van der Waals surface area (Å²) in [7, 11) is 0. The standard InChI is InChI=1S/C15H14BrClN2O2/c1-10(8-11-2-4-12(17)5-3-11)18-15-7-6-13(19(20)21)9-14(15)16/h2-7,9-10,18H,8H2,1H3. The van der Waals surface area contributed by atoms with Gasteiger partial charge in [0.15, 0.2) is 0 Å². The second kappa shape index (κ2) is 6.91. The minimum Gasteiger partial charge on any atom is -0.381 e. The van der Waals surface area contributed by atoms with Gasteiger partial charge in [-0.15, -0.1) is 0 Å². The second-order valence-corrected chi connectivity index (χ2v) is 6.09. The van der Waals surface area contributed by atoms with Crippen LogP contribution >= 0.6 is 27.5 Å². The molecule has 0 fully saturated rings. The van der Waals surface area contributed by atoms with E-state index in [1.165, 1.54) is 17.7 Å². The highest BCUT2D eigenvalue weighted by Crippen LogP contribution is 2.28. The number of hydrogen-bond donors (Lipinski definition) is 1. The van der Waals surface area contributed by atoms with Gasteiger partial charge < -0.3 is 5.32 Å². The van der Waals surface area contributed by atoms with Gasteiger partial charge in [-0.2, -0.15) is 0 Å². The third-order valence-electron chi connectivity index (χ3n) is 3.02. The molecule has 1 unspecified atom stereocenters. The van der Waals surface area contributed by atoms with E-state index in [4.69, 9.17) is 11.6 Å². The van der Waals surface area contributed by atoms with E-state index >= 15 is 0 Å². The second-order valence-electron chi connectivity index (χ2n) is 4.80. The molecule has 1 atom stereocenters. The lowest BCUT2D eigenvalue weighted by Gasteiger charge is -2.16. The van der Waals surface area contributed by atoms with Crippen LogP contribution in [0.4, 0.5) is 11.4 Å². The molecule has 0 saturated carbocycles. The number of hydrogen-bond acceptors (Lipinski definition) is 3. The van der Waals surface area contributed by atoms with E-state index in [1.54, 1.807) is 6.07 Å². The number of nitrogens with one attached hydrogen (secondary N) is 1. The molecular formula is C15H14BrClN2O2. The molecule has 1 N–H and O–H groups in total. The molecule has 0 spiro atoms. The molecule has 0 amide bonds. The van der Waals surface area contributed by atoms with Crippen molar-refractivity contribution in [2.24, 2.45) is 0 Å². The zero-order chi connectivity index (χ0) is 15.4. The minimum atomic E-state index is -0.411. The summed E-state index contributed by atoms with van der Waals surface area (Å²) in [6.07, 6.45) is 0.834. The van der Waals surface area contributed by atoms with E-state index in [9.17, 15) is 10.1 Å². The number of benzene rings is 2. The molecule has 2 aromatic carbocycles. The summed E-state index contributed by atoms with van der Waals surface area (Å²) in [5.74, 6) is 0. The Balaban J connectivity index is 2.04. The van der Waals surface area contributed by atoms with E-state index in [2.05, 4.69) is 28.2 Å². The predicted octanol–water partition coefficient (Wildman–Crippen LogP) is 5.05. The third-order valence-corrected chi connectivity index (χ3v) is 3.93. The zero-order valence-corrected chi connectivity index (χ0v) is 13.7.